The van der Waals surface area contributed by atoms with Gasteiger partial charge in [0.15, 0.2) is 0 Å². The van der Waals surface area contributed by atoms with Crippen molar-refractivity contribution in [1.29, 1.82) is 0 Å². The zero-order valence-corrected chi connectivity index (χ0v) is 12.5. The van der Waals surface area contributed by atoms with Gasteiger partial charge >= 0.3 is 6.18 Å². The van der Waals surface area contributed by atoms with Crippen LogP contribution in [0.5, 0.6) is 0 Å². The van der Waals surface area contributed by atoms with Gasteiger partial charge < -0.3 is 5.32 Å². The number of allylic oxidation sites excluding steroid dienone is 1. The lowest BCUT2D eigenvalue weighted by atomic mass is 10.0. The molecule has 1 aromatic carbocycles. The van der Waals surface area contributed by atoms with Crippen molar-refractivity contribution in [2.45, 2.75) is 33.4 Å². The molecule has 1 aromatic rings. The summed E-state index contributed by atoms with van der Waals surface area (Å²) in [5.74, 6) is -0.662. The number of benzene rings is 1. The highest BCUT2D eigenvalue weighted by molar-refractivity contribution is 5.64. The number of alkyl halides is 3. The summed E-state index contributed by atoms with van der Waals surface area (Å²) >= 11 is 0. The third kappa shape index (κ3) is 5.87. The van der Waals surface area contributed by atoms with E-state index in [1.54, 1.807) is 6.92 Å². The molecule has 0 saturated carbocycles. The third-order valence-electron chi connectivity index (χ3n) is 3.05. The van der Waals surface area contributed by atoms with Crippen LogP contribution in [0.4, 0.5) is 17.6 Å². The average molecular weight is 303 g/mol. The molecule has 0 saturated heterocycles. The summed E-state index contributed by atoms with van der Waals surface area (Å²) < 4.78 is 50.9. The smallest absolute Gasteiger partial charge is 0.316 e. The van der Waals surface area contributed by atoms with Crippen molar-refractivity contribution in [3.63, 3.8) is 0 Å². The van der Waals surface area contributed by atoms with Crippen LogP contribution >= 0.6 is 0 Å². The third-order valence-corrected chi connectivity index (χ3v) is 3.05. The first-order valence-corrected chi connectivity index (χ1v) is 6.96. The molecule has 0 aliphatic rings. The molecular formula is C16H21F4N. The molecule has 0 aromatic heterocycles. The van der Waals surface area contributed by atoms with Gasteiger partial charge in [-0.15, -0.1) is 0 Å². The zero-order valence-electron chi connectivity index (χ0n) is 12.5. The van der Waals surface area contributed by atoms with Crippen LogP contribution in [0.25, 0.3) is 5.57 Å². The van der Waals surface area contributed by atoms with Crippen LogP contribution in [0.3, 0.4) is 0 Å². The van der Waals surface area contributed by atoms with Crippen molar-refractivity contribution in [2.75, 3.05) is 13.1 Å². The van der Waals surface area contributed by atoms with Gasteiger partial charge in [-0.05, 0) is 55.6 Å². The van der Waals surface area contributed by atoms with Gasteiger partial charge in [-0.25, -0.2) is 4.39 Å². The highest BCUT2D eigenvalue weighted by Crippen LogP contribution is 2.32. The number of hydrogen-bond acceptors (Lipinski definition) is 1. The molecular weight excluding hydrogens is 282 g/mol. The van der Waals surface area contributed by atoms with Crippen LogP contribution in [0.1, 0.15) is 38.3 Å². The van der Waals surface area contributed by atoms with Crippen molar-refractivity contribution in [3.8, 4) is 0 Å². The Balaban J connectivity index is 2.66. The van der Waals surface area contributed by atoms with Crippen molar-refractivity contribution in [3.05, 3.63) is 41.2 Å². The van der Waals surface area contributed by atoms with Gasteiger partial charge in [-0.2, -0.15) is 13.2 Å². The Bertz CT molecular complexity index is 490. The molecule has 0 spiro atoms. The first-order chi connectivity index (χ1) is 9.71. The molecule has 0 radical (unpaired) electrons. The van der Waals surface area contributed by atoms with Crippen molar-refractivity contribution < 1.29 is 17.6 Å². The SMILES string of the molecule is C/C(=C/CCNCC(C)C)c1ccc(C(F)(F)F)c(F)c1. The summed E-state index contributed by atoms with van der Waals surface area (Å²) in [6, 6.07) is 3.04. The van der Waals surface area contributed by atoms with Gasteiger partial charge in [-0.3, -0.25) is 0 Å². The molecule has 0 fully saturated rings. The number of halogens is 4. The minimum atomic E-state index is -4.65. The van der Waals surface area contributed by atoms with Crippen molar-refractivity contribution in [2.24, 2.45) is 5.92 Å². The summed E-state index contributed by atoms with van der Waals surface area (Å²) in [6.07, 6.45) is -2.00. The number of rotatable bonds is 6. The highest BCUT2D eigenvalue weighted by atomic mass is 19.4. The molecule has 0 amide bonds. The summed E-state index contributed by atoms with van der Waals surface area (Å²) in [5, 5.41) is 3.26. The van der Waals surface area contributed by atoms with E-state index < -0.39 is 17.6 Å². The van der Waals surface area contributed by atoms with Gasteiger partial charge in [0, 0.05) is 0 Å². The Hall–Kier alpha value is -1.36. The van der Waals surface area contributed by atoms with E-state index in [-0.39, 0.29) is 0 Å². The molecule has 0 heterocycles. The molecule has 0 aliphatic heterocycles. The van der Waals surface area contributed by atoms with Crippen LogP contribution < -0.4 is 5.32 Å². The fourth-order valence-electron chi connectivity index (χ4n) is 1.89. The fraction of sp³-hybridized carbons (Fsp3) is 0.500. The first kappa shape index (κ1) is 17.7. The molecule has 1 nitrogen and oxygen atoms in total. The standard InChI is InChI=1S/C16H21F4N/c1-11(2)10-21-8-4-5-12(3)13-6-7-14(15(17)9-13)16(18,19)20/h5-7,9,11,21H,4,8,10H2,1-3H3/b12-5-. The Morgan fingerprint density at radius 2 is 1.95 bits per heavy atom. The lowest BCUT2D eigenvalue weighted by molar-refractivity contribution is -0.140. The monoisotopic (exact) mass is 303 g/mol. The predicted molar refractivity (Wildman–Crippen MR) is 77.4 cm³/mol. The summed E-state index contributed by atoms with van der Waals surface area (Å²) in [7, 11) is 0. The van der Waals surface area contributed by atoms with E-state index in [1.807, 2.05) is 6.08 Å². The summed E-state index contributed by atoms with van der Waals surface area (Å²) in [6.45, 7) is 7.70. The number of hydrogen-bond donors (Lipinski definition) is 1. The summed E-state index contributed by atoms with van der Waals surface area (Å²) in [5.41, 5.74) is 0.0241. The van der Waals surface area contributed by atoms with Gasteiger partial charge in [0.1, 0.15) is 5.82 Å². The minimum absolute atomic E-state index is 0.476. The van der Waals surface area contributed by atoms with Gasteiger partial charge in [0.2, 0.25) is 0 Å². The van der Waals surface area contributed by atoms with Gasteiger partial charge in [0.05, 0.1) is 5.56 Å². The predicted octanol–water partition coefficient (Wildman–Crippen LogP) is 4.88. The topological polar surface area (TPSA) is 12.0 Å². The molecule has 118 valence electrons. The minimum Gasteiger partial charge on any atom is -0.316 e. The van der Waals surface area contributed by atoms with Crippen LogP contribution in [-0.4, -0.2) is 13.1 Å². The Labute approximate surface area is 123 Å². The molecule has 21 heavy (non-hydrogen) atoms. The second-order valence-electron chi connectivity index (χ2n) is 5.47. The maximum atomic E-state index is 13.5. The first-order valence-electron chi connectivity index (χ1n) is 6.96. The second-order valence-corrected chi connectivity index (χ2v) is 5.47. The molecule has 1 rings (SSSR count). The van der Waals surface area contributed by atoms with Crippen LogP contribution in [0.15, 0.2) is 24.3 Å². The zero-order chi connectivity index (χ0) is 16.0. The lowest BCUT2D eigenvalue weighted by Crippen LogP contribution is -2.20. The maximum Gasteiger partial charge on any atom is 0.419 e. The van der Waals surface area contributed by atoms with E-state index in [1.165, 1.54) is 6.07 Å². The van der Waals surface area contributed by atoms with E-state index in [4.69, 9.17) is 0 Å². The largest absolute Gasteiger partial charge is 0.419 e. The molecule has 5 heteroatoms. The van der Waals surface area contributed by atoms with Crippen LogP contribution in [0.2, 0.25) is 0 Å². The van der Waals surface area contributed by atoms with E-state index in [2.05, 4.69) is 19.2 Å². The van der Waals surface area contributed by atoms with E-state index in [0.717, 1.165) is 37.2 Å². The Morgan fingerprint density at radius 1 is 1.29 bits per heavy atom. The molecule has 0 atom stereocenters. The van der Waals surface area contributed by atoms with E-state index >= 15 is 0 Å². The van der Waals surface area contributed by atoms with E-state index in [0.29, 0.717) is 11.5 Å². The van der Waals surface area contributed by atoms with Gasteiger partial charge in [0.25, 0.3) is 0 Å². The normalized spacial score (nSPS) is 13.0. The quantitative estimate of drug-likeness (QED) is 0.583. The molecule has 1 N–H and O–H groups in total. The highest BCUT2D eigenvalue weighted by Gasteiger charge is 2.33. The van der Waals surface area contributed by atoms with Gasteiger partial charge in [-0.1, -0.05) is 26.0 Å². The van der Waals surface area contributed by atoms with Crippen LogP contribution in [0, 0.1) is 11.7 Å². The summed E-state index contributed by atoms with van der Waals surface area (Å²) in [4.78, 5) is 0. The lowest BCUT2D eigenvalue weighted by Gasteiger charge is -2.10. The fourth-order valence-corrected chi connectivity index (χ4v) is 1.89. The van der Waals surface area contributed by atoms with Crippen LogP contribution in [-0.2, 0) is 6.18 Å². The second kappa shape index (κ2) is 7.59. The Morgan fingerprint density at radius 3 is 2.48 bits per heavy atom. The average Bonchev–Trinajstić information content (AvgIpc) is 2.36. The maximum absolute atomic E-state index is 13.5. The molecule has 0 unspecified atom stereocenters. The van der Waals surface area contributed by atoms with E-state index in [9.17, 15) is 17.6 Å². The number of nitrogens with one attached hydrogen (secondary N) is 1. The molecule has 0 aliphatic carbocycles. The Kier molecular flexibility index (Phi) is 6.40. The molecule has 0 bridgehead atoms. The van der Waals surface area contributed by atoms with Crippen molar-refractivity contribution in [1.82, 2.24) is 5.32 Å². The van der Waals surface area contributed by atoms with Crippen molar-refractivity contribution >= 4 is 5.57 Å².